The molecular weight excluding hydrogens is 454 g/mol. The van der Waals surface area contributed by atoms with Crippen molar-refractivity contribution in [3.63, 3.8) is 0 Å². The molecule has 9 heteroatoms. The fourth-order valence-electron chi connectivity index (χ4n) is 4.46. The number of methoxy groups -OCH3 is 1. The minimum atomic E-state index is -0.519. The maximum absolute atomic E-state index is 12.9. The van der Waals surface area contributed by atoms with Gasteiger partial charge in [-0.1, -0.05) is 23.7 Å². The van der Waals surface area contributed by atoms with Crippen molar-refractivity contribution in [2.75, 3.05) is 20.3 Å². The number of rotatable bonds is 6. The number of fused-ring (bicyclic) bond motifs is 3. The van der Waals surface area contributed by atoms with E-state index in [0.29, 0.717) is 23.1 Å². The van der Waals surface area contributed by atoms with Gasteiger partial charge in [-0.15, -0.1) is 10.2 Å². The zero-order valence-corrected chi connectivity index (χ0v) is 19.9. The summed E-state index contributed by atoms with van der Waals surface area (Å²) in [6.45, 7) is 3.15. The molecule has 8 nitrogen and oxygen atoms in total. The molecule has 2 aliphatic heterocycles. The Morgan fingerprint density at radius 3 is 2.79 bits per heavy atom. The molecule has 0 spiro atoms. The van der Waals surface area contributed by atoms with Gasteiger partial charge in [0.15, 0.2) is 5.82 Å². The van der Waals surface area contributed by atoms with Gasteiger partial charge in [-0.25, -0.2) is 0 Å². The Balaban J connectivity index is 1.56. The third kappa shape index (κ3) is 4.43. The first-order chi connectivity index (χ1) is 16.5. The third-order valence-corrected chi connectivity index (χ3v) is 6.43. The summed E-state index contributed by atoms with van der Waals surface area (Å²) in [5.41, 5.74) is 3.38. The van der Waals surface area contributed by atoms with Gasteiger partial charge < -0.3 is 14.8 Å². The number of aliphatic imine (C=N–C) groups is 1. The first-order valence-electron chi connectivity index (χ1n) is 11.4. The summed E-state index contributed by atoms with van der Waals surface area (Å²) >= 11 is 6.15. The molecule has 34 heavy (non-hydrogen) atoms. The molecule has 1 unspecified atom stereocenters. The van der Waals surface area contributed by atoms with Crippen molar-refractivity contribution in [1.82, 2.24) is 20.1 Å². The number of aryl methyl sites for hydroxylation is 1. The van der Waals surface area contributed by atoms with Crippen molar-refractivity contribution in [3.8, 4) is 11.4 Å². The maximum Gasteiger partial charge on any atom is 0.222 e. The lowest BCUT2D eigenvalue weighted by atomic mass is 10.00. The van der Waals surface area contributed by atoms with Crippen LogP contribution in [0.15, 0.2) is 47.5 Å². The number of nitrogens with zero attached hydrogens (tertiary/aromatic N) is 4. The zero-order valence-electron chi connectivity index (χ0n) is 19.1. The Morgan fingerprint density at radius 1 is 1.24 bits per heavy atom. The lowest BCUT2D eigenvalue weighted by molar-refractivity contribution is -0.122. The Bertz CT molecular complexity index is 1230. The zero-order chi connectivity index (χ0) is 23.7. The molecule has 1 aromatic heterocycles. The number of amides is 1. The van der Waals surface area contributed by atoms with Crippen LogP contribution in [-0.4, -0.2) is 52.7 Å². The van der Waals surface area contributed by atoms with Crippen LogP contribution in [0.2, 0.25) is 5.02 Å². The van der Waals surface area contributed by atoms with Crippen molar-refractivity contribution >= 4 is 23.2 Å². The van der Waals surface area contributed by atoms with E-state index < -0.39 is 6.04 Å². The number of halogens is 1. The second-order valence-corrected chi connectivity index (χ2v) is 8.90. The van der Waals surface area contributed by atoms with Crippen LogP contribution in [0.25, 0.3) is 5.69 Å². The molecule has 1 fully saturated rings. The van der Waals surface area contributed by atoms with Gasteiger partial charge in [-0.3, -0.25) is 14.4 Å². The van der Waals surface area contributed by atoms with Crippen molar-refractivity contribution in [3.05, 3.63) is 70.3 Å². The summed E-state index contributed by atoms with van der Waals surface area (Å²) in [4.78, 5) is 18.0. The molecule has 0 saturated carbocycles. The first kappa shape index (κ1) is 22.6. The second kappa shape index (κ2) is 9.56. The summed E-state index contributed by atoms with van der Waals surface area (Å²) < 4.78 is 13.1. The van der Waals surface area contributed by atoms with Crippen LogP contribution in [0.3, 0.4) is 0 Å². The average molecular weight is 480 g/mol. The molecule has 3 heterocycles. The highest BCUT2D eigenvalue weighted by atomic mass is 35.5. The van der Waals surface area contributed by atoms with E-state index in [2.05, 4.69) is 15.5 Å². The van der Waals surface area contributed by atoms with Gasteiger partial charge in [0, 0.05) is 29.3 Å². The van der Waals surface area contributed by atoms with Gasteiger partial charge in [0.05, 0.1) is 31.0 Å². The normalized spacial score (nSPS) is 19.1. The Morgan fingerprint density at radius 2 is 2.06 bits per heavy atom. The number of hydrogen-bond donors (Lipinski definition) is 1. The number of nitrogens with one attached hydrogen (secondary N) is 1. The van der Waals surface area contributed by atoms with E-state index in [1.54, 1.807) is 7.11 Å². The van der Waals surface area contributed by atoms with E-state index in [1.165, 1.54) is 0 Å². The SMILES string of the molecule is COc1ccc2c(c1)C(c1ccc(Cl)cc1)=N[C@H](CC(=O)NCC1CCCO1)c1nnc(C)n1-2. The molecule has 0 radical (unpaired) electrons. The molecule has 1 saturated heterocycles. The van der Waals surface area contributed by atoms with Crippen molar-refractivity contribution in [1.29, 1.82) is 0 Å². The van der Waals surface area contributed by atoms with Crippen LogP contribution < -0.4 is 10.1 Å². The van der Waals surface area contributed by atoms with E-state index in [-0.39, 0.29) is 18.4 Å². The summed E-state index contributed by atoms with van der Waals surface area (Å²) in [7, 11) is 1.63. The van der Waals surface area contributed by atoms with Gasteiger partial charge in [0.25, 0.3) is 0 Å². The molecule has 3 aromatic rings. The Kier molecular flexibility index (Phi) is 6.34. The number of carbonyl (C=O) groups is 1. The third-order valence-electron chi connectivity index (χ3n) is 6.18. The van der Waals surface area contributed by atoms with Crippen LogP contribution in [0.4, 0.5) is 0 Å². The highest BCUT2D eigenvalue weighted by Gasteiger charge is 2.30. The van der Waals surface area contributed by atoms with E-state index in [1.807, 2.05) is 54.0 Å². The van der Waals surface area contributed by atoms with Crippen molar-refractivity contribution < 1.29 is 14.3 Å². The standard InChI is InChI=1S/C25H26ClN5O3/c1-15-29-30-25-21(13-23(32)27-14-19-4-3-11-34-19)28-24(16-5-7-17(26)8-6-16)20-12-18(33-2)9-10-22(20)31(15)25/h5-10,12,19,21H,3-4,11,13-14H2,1-2H3,(H,27,32)/t19?,21-/m1/s1. The highest BCUT2D eigenvalue weighted by molar-refractivity contribution is 6.30. The summed E-state index contributed by atoms with van der Waals surface area (Å²) in [6.07, 6.45) is 2.22. The van der Waals surface area contributed by atoms with Gasteiger partial charge in [-0.2, -0.15) is 0 Å². The summed E-state index contributed by atoms with van der Waals surface area (Å²) in [5, 5.41) is 12.4. The fourth-order valence-corrected chi connectivity index (χ4v) is 4.58. The van der Waals surface area contributed by atoms with Gasteiger partial charge in [0.1, 0.15) is 17.6 Å². The number of carbonyl (C=O) groups excluding carboxylic acids is 1. The van der Waals surface area contributed by atoms with Crippen LogP contribution in [0.5, 0.6) is 5.75 Å². The molecule has 0 aliphatic carbocycles. The van der Waals surface area contributed by atoms with Crippen LogP contribution >= 0.6 is 11.6 Å². The number of benzene rings is 2. The highest BCUT2D eigenvalue weighted by Crippen LogP contribution is 2.34. The molecule has 2 aliphatic rings. The minimum absolute atomic E-state index is 0.0776. The lowest BCUT2D eigenvalue weighted by Crippen LogP contribution is -2.32. The van der Waals surface area contributed by atoms with E-state index in [0.717, 1.165) is 47.8 Å². The van der Waals surface area contributed by atoms with E-state index in [9.17, 15) is 4.79 Å². The number of ether oxygens (including phenoxy) is 2. The molecule has 1 N–H and O–H groups in total. The van der Waals surface area contributed by atoms with Crippen molar-refractivity contribution in [2.24, 2.45) is 4.99 Å². The smallest absolute Gasteiger partial charge is 0.222 e. The first-order valence-corrected chi connectivity index (χ1v) is 11.7. The molecule has 176 valence electrons. The van der Waals surface area contributed by atoms with Gasteiger partial charge in [-0.05, 0) is 50.1 Å². The largest absolute Gasteiger partial charge is 0.497 e. The molecule has 0 bridgehead atoms. The van der Waals surface area contributed by atoms with Crippen LogP contribution in [0.1, 0.15) is 48.1 Å². The predicted molar refractivity (Wildman–Crippen MR) is 129 cm³/mol. The maximum atomic E-state index is 12.9. The quantitative estimate of drug-likeness (QED) is 0.580. The number of aromatic nitrogens is 3. The van der Waals surface area contributed by atoms with Crippen molar-refractivity contribution in [2.45, 2.75) is 38.3 Å². The average Bonchev–Trinajstić information content (AvgIpc) is 3.48. The number of hydrogen-bond acceptors (Lipinski definition) is 6. The molecule has 2 aromatic carbocycles. The monoisotopic (exact) mass is 479 g/mol. The minimum Gasteiger partial charge on any atom is -0.497 e. The van der Waals surface area contributed by atoms with Crippen LogP contribution in [0, 0.1) is 6.92 Å². The Labute approximate surface area is 203 Å². The van der Waals surface area contributed by atoms with Crippen LogP contribution in [-0.2, 0) is 9.53 Å². The van der Waals surface area contributed by atoms with Gasteiger partial charge >= 0.3 is 0 Å². The van der Waals surface area contributed by atoms with E-state index in [4.69, 9.17) is 26.1 Å². The molecule has 2 atom stereocenters. The van der Waals surface area contributed by atoms with Gasteiger partial charge in [0.2, 0.25) is 5.91 Å². The Hall–Kier alpha value is -3.23. The molecular formula is C25H26ClN5O3. The summed E-state index contributed by atoms with van der Waals surface area (Å²) in [5.74, 6) is 1.95. The topological polar surface area (TPSA) is 90.6 Å². The van der Waals surface area contributed by atoms with E-state index >= 15 is 0 Å². The molecule has 5 rings (SSSR count). The fraction of sp³-hybridized carbons (Fsp3) is 0.360. The second-order valence-electron chi connectivity index (χ2n) is 8.47. The summed E-state index contributed by atoms with van der Waals surface area (Å²) in [6, 6.07) is 12.8. The lowest BCUT2D eigenvalue weighted by Gasteiger charge is -2.14. The molecule has 1 amide bonds. The predicted octanol–water partition coefficient (Wildman–Crippen LogP) is 3.82.